The van der Waals surface area contributed by atoms with Crippen molar-refractivity contribution in [3.05, 3.63) is 6.92 Å². The molecule has 0 heterocycles. The molecule has 0 aromatic heterocycles. The Bertz CT molecular complexity index is 37.8. The average molecular weight is 177 g/mol. The van der Waals surface area contributed by atoms with Crippen molar-refractivity contribution >= 4 is 17.6 Å². The van der Waals surface area contributed by atoms with Crippen LogP contribution in [0.3, 0.4) is 0 Å². The van der Waals surface area contributed by atoms with Crippen molar-refractivity contribution in [3.63, 3.8) is 0 Å². The van der Waals surface area contributed by atoms with Gasteiger partial charge in [0.2, 0.25) is 0 Å². The van der Waals surface area contributed by atoms with Gasteiger partial charge in [-0.2, -0.15) is 0 Å². The predicted octanol–water partition coefficient (Wildman–Crippen LogP) is -0.433. The maximum absolute atomic E-state index is 3.84. The molecule has 1 atom stereocenters. The first kappa shape index (κ1) is 11.3. The Morgan fingerprint density at radius 3 is 1.88 bits per heavy atom. The second-order valence-electron chi connectivity index (χ2n) is 2.37. The van der Waals surface area contributed by atoms with Crippen LogP contribution in [-0.2, 0) is 0 Å². The topological polar surface area (TPSA) is 3.24 Å². The Labute approximate surface area is 63.4 Å². The van der Waals surface area contributed by atoms with Gasteiger partial charge in [0.05, 0.1) is 0 Å². The summed E-state index contributed by atoms with van der Waals surface area (Å²) in [5.41, 5.74) is 0. The van der Waals surface area contributed by atoms with E-state index in [0.717, 1.165) is 6.54 Å². The van der Waals surface area contributed by atoms with E-state index in [1.165, 1.54) is 0 Å². The number of rotatable bonds is 2. The van der Waals surface area contributed by atoms with Crippen molar-refractivity contribution in [2.24, 2.45) is 5.92 Å². The summed E-state index contributed by atoms with van der Waals surface area (Å²) in [4.78, 5) is 2.14. The molecule has 2 heteroatoms. The quantitative estimate of drug-likeness (QED) is 0.517. The summed E-state index contributed by atoms with van der Waals surface area (Å²) in [7, 11) is 4.11. The van der Waals surface area contributed by atoms with Crippen LogP contribution in [0.25, 0.3) is 0 Å². The van der Waals surface area contributed by atoms with Gasteiger partial charge in [-0.3, -0.25) is 0 Å². The third-order valence-corrected chi connectivity index (χ3v) is 0.677. The van der Waals surface area contributed by atoms with E-state index in [-0.39, 0.29) is 17.6 Å². The molecular formula is C6H18GeN. The molecule has 0 amide bonds. The van der Waals surface area contributed by atoms with E-state index >= 15 is 0 Å². The molecule has 1 unspecified atom stereocenters. The number of hydrogen-bond acceptors (Lipinski definition) is 1. The van der Waals surface area contributed by atoms with Crippen LogP contribution in [0.2, 0.25) is 0 Å². The van der Waals surface area contributed by atoms with E-state index in [1.807, 2.05) is 0 Å². The van der Waals surface area contributed by atoms with Crippen LogP contribution in [-0.4, -0.2) is 43.1 Å². The van der Waals surface area contributed by atoms with Gasteiger partial charge in [-0.15, -0.1) is 0 Å². The molecule has 0 aromatic carbocycles. The van der Waals surface area contributed by atoms with Crippen LogP contribution >= 0.6 is 0 Å². The Kier molecular flexibility index (Phi) is 7.97. The summed E-state index contributed by atoms with van der Waals surface area (Å²) in [5.74, 6) is 0.551. The zero-order valence-electron chi connectivity index (χ0n) is 5.44. The van der Waals surface area contributed by atoms with E-state index in [9.17, 15) is 0 Å². The van der Waals surface area contributed by atoms with Crippen LogP contribution < -0.4 is 0 Å². The van der Waals surface area contributed by atoms with Crippen molar-refractivity contribution in [3.8, 4) is 0 Å². The zero-order chi connectivity index (χ0) is 5.86. The molecule has 0 rings (SSSR count). The molecule has 0 aliphatic carbocycles. The van der Waals surface area contributed by atoms with Crippen LogP contribution in [0, 0.1) is 12.8 Å². The molecule has 0 bridgehead atoms. The summed E-state index contributed by atoms with van der Waals surface area (Å²) in [6, 6.07) is 0. The first-order valence-electron chi connectivity index (χ1n) is 2.60. The molecule has 51 valence electrons. The third kappa shape index (κ3) is 9.71. The summed E-state index contributed by atoms with van der Waals surface area (Å²) < 4.78 is 0. The molecule has 0 fully saturated rings. The Morgan fingerprint density at radius 2 is 1.88 bits per heavy atom. The summed E-state index contributed by atoms with van der Waals surface area (Å²) in [6.45, 7) is 7.03. The maximum atomic E-state index is 3.84. The summed E-state index contributed by atoms with van der Waals surface area (Å²) in [6.07, 6.45) is 0. The molecule has 0 N–H and O–H groups in total. The van der Waals surface area contributed by atoms with E-state index < -0.39 is 0 Å². The first-order chi connectivity index (χ1) is 3.13. The van der Waals surface area contributed by atoms with Crippen LogP contribution in [0.15, 0.2) is 0 Å². The van der Waals surface area contributed by atoms with Crippen LogP contribution in [0.5, 0.6) is 0 Å². The van der Waals surface area contributed by atoms with Crippen molar-refractivity contribution in [2.75, 3.05) is 20.6 Å². The summed E-state index contributed by atoms with van der Waals surface area (Å²) in [5, 5.41) is 0. The van der Waals surface area contributed by atoms with Gasteiger partial charge >= 0.3 is 17.6 Å². The second kappa shape index (κ2) is 5.64. The standard InChI is InChI=1S/C6H14N.GeH4/c1-6(2)5-7(3)4;/h6H,1,5H2,2-4H3;1H4. The van der Waals surface area contributed by atoms with Crippen LogP contribution in [0.1, 0.15) is 6.92 Å². The molecule has 1 radical (unpaired) electrons. The monoisotopic (exact) mass is 178 g/mol. The Morgan fingerprint density at radius 1 is 1.50 bits per heavy atom. The van der Waals surface area contributed by atoms with E-state index in [1.54, 1.807) is 0 Å². The van der Waals surface area contributed by atoms with E-state index in [2.05, 4.69) is 32.8 Å². The molecule has 0 aliphatic rings. The average Bonchev–Trinajstić information content (AvgIpc) is 1.27. The molecule has 0 saturated carbocycles. The second-order valence-corrected chi connectivity index (χ2v) is 2.37. The van der Waals surface area contributed by atoms with Gasteiger partial charge < -0.3 is 4.90 Å². The van der Waals surface area contributed by atoms with Crippen molar-refractivity contribution in [2.45, 2.75) is 6.92 Å². The third-order valence-electron chi connectivity index (χ3n) is 0.677. The van der Waals surface area contributed by atoms with Gasteiger partial charge in [-0.1, -0.05) is 6.92 Å². The Hall–Kier alpha value is 0.503. The van der Waals surface area contributed by atoms with E-state index in [0.29, 0.717) is 5.92 Å². The van der Waals surface area contributed by atoms with Gasteiger partial charge in [0, 0.05) is 6.54 Å². The summed E-state index contributed by atoms with van der Waals surface area (Å²) >= 11 is 0. The SMILES string of the molecule is [CH2]C(C)CN(C)C.[GeH4]. The normalized spacial score (nSPS) is 9.75. The van der Waals surface area contributed by atoms with Crippen LogP contribution in [0.4, 0.5) is 0 Å². The van der Waals surface area contributed by atoms with Gasteiger partial charge in [-0.05, 0) is 26.9 Å². The Balaban J connectivity index is 0. The molecule has 1 nitrogen and oxygen atoms in total. The molecule has 0 aliphatic heterocycles. The molecule has 0 aromatic rings. The number of nitrogens with zero attached hydrogens (tertiary/aromatic N) is 1. The van der Waals surface area contributed by atoms with Gasteiger partial charge in [0.1, 0.15) is 0 Å². The fourth-order valence-electron chi connectivity index (χ4n) is 0.623. The van der Waals surface area contributed by atoms with Crippen molar-refractivity contribution in [1.82, 2.24) is 4.90 Å². The van der Waals surface area contributed by atoms with E-state index in [4.69, 9.17) is 0 Å². The first-order valence-corrected chi connectivity index (χ1v) is 2.60. The minimum absolute atomic E-state index is 0. The predicted molar refractivity (Wildman–Crippen MR) is 44.4 cm³/mol. The molecule has 8 heavy (non-hydrogen) atoms. The van der Waals surface area contributed by atoms with Gasteiger partial charge in [0.15, 0.2) is 0 Å². The van der Waals surface area contributed by atoms with Crippen molar-refractivity contribution < 1.29 is 0 Å². The van der Waals surface area contributed by atoms with Gasteiger partial charge in [-0.25, -0.2) is 0 Å². The fraction of sp³-hybridized carbons (Fsp3) is 0.833. The van der Waals surface area contributed by atoms with Crippen molar-refractivity contribution in [1.29, 1.82) is 0 Å². The molecule has 0 saturated heterocycles. The molecule has 0 spiro atoms. The zero-order valence-corrected chi connectivity index (χ0v) is 5.44. The molecular weight excluding hydrogens is 159 g/mol. The fourth-order valence-corrected chi connectivity index (χ4v) is 0.623. The van der Waals surface area contributed by atoms with Gasteiger partial charge in [0.25, 0.3) is 0 Å². The minimum atomic E-state index is 0. The number of hydrogen-bond donors (Lipinski definition) is 0.